The Kier molecular flexibility index (Phi) is 5.88. The van der Waals surface area contributed by atoms with Gasteiger partial charge < -0.3 is 19.3 Å². The van der Waals surface area contributed by atoms with E-state index in [1.807, 2.05) is 19.1 Å². The van der Waals surface area contributed by atoms with Crippen molar-refractivity contribution in [2.24, 2.45) is 0 Å². The van der Waals surface area contributed by atoms with Gasteiger partial charge in [0, 0.05) is 0 Å². The number of ether oxygens (including phenoxy) is 3. The maximum Gasteiger partial charge on any atom is 0.329 e. The van der Waals surface area contributed by atoms with Crippen LogP contribution in [0.15, 0.2) is 24.3 Å². The van der Waals surface area contributed by atoms with E-state index < -0.39 is 5.97 Å². The van der Waals surface area contributed by atoms with Gasteiger partial charge in [-0.3, -0.25) is 0 Å². The number of carboxylic acid groups (broad SMARTS) is 1. The van der Waals surface area contributed by atoms with E-state index in [9.17, 15) is 4.79 Å². The molecule has 0 aliphatic rings. The molecule has 0 aliphatic carbocycles. The molecule has 0 aliphatic heterocycles. The maximum absolute atomic E-state index is 10.2. The van der Waals surface area contributed by atoms with Crippen LogP contribution in [0.2, 0.25) is 0 Å². The number of carboxylic acids is 1. The quantitative estimate of drug-likeness (QED) is 0.699. The Hall–Kier alpha value is -1.75. The minimum absolute atomic E-state index is 0.250. The summed E-state index contributed by atoms with van der Waals surface area (Å²) in [6.45, 7) is 2.82. The summed E-state index contributed by atoms with van der Waals surface area (Å²) in [6, 6.07) is 7.22. The van der Waals surface area contributed by atoms with Crippen molar-refractivity contribution in [1.29, 1.82) is 0 Å². The lowest BCUT2D eigenvalue weighted by Gasteiger charge is -2.07. The summed E-state index contributed by atoms with van der Waals surface area (Å²) in [4.78, 5) is 10.2. The molecule has 0 fully saturated rings. The smallest absolute Gasteiger partial charge is 0.329 e. The third-order valence-corrected chi connectivity index (χ3v) is 1.86. The molecule has 0 radical (unpaired) electrons. The topological polar surface area (TPSA) is 65.0 Å². The van der Waals surface area contributed by atoms with Gasteiger partial charge in [-0.15, -0.1) is 0 Å². The Balaban J connectivity index is 2.20. The fourth-order valence-electron chi connectivity index (χ4n) is 1.18. The van der Waals surface area contributed by atoms with Crippen LogP contribution in [-0.2, 0) is 9.53 Å². The average Bonchev–Trinajstić information content (AvgIpc) is 2.31. The molecule has 1 N–H and O–H groups in total. The average molecular weight is 240 g/mol. The lowest BCUT2D eigenvalue weighted by atomic mass is 10.3. The van der Waals surface area contributed by atoms with Crippen molar-refractivity contribution >= 4 is 5.97 Å². The molecule has 1 rings (SSSR count). The lowest BCUT2D eigenvalue weighted by molar-refractivity contribution is -0.142. The molecule has 0 aromatic heterocycles. The predicted molar refractivity (Wildman–Crippen MR) is 61.6 cm³/mol. The molecule has 94 valence electrons. The largest absolute Gasteiger partial charge is 0.494 e. The second-order valence-corrected chi connectivity index (χ2v) is 3.20. The maximum atomic E-state index is 10.2. The van der Waals surface area contributed by atoms with E-state index in [4.69, 9.17) is 19.3 Å². The number of hydrogen-bond acceptors (Lipinski definition) is 4. The van der Waals surface area contributed by atoms with Gasteiger partial charge in [0.05, 0.1) is 13.2 Å². The van der Waals surface area contributed by atoms with Gasteiger partial charge in [-0.1, -0.05) is 0 Å². The molecule has 0 atom stereocenters. The van der Waals surface area contributed by atoms with Gasteiger partial charge in [0.2, 0.25) is 0 Å². The fourth-order valence-corrected chi connectivity index (χ4v) is 1.18. The van der Waals surface area contributed by atoms with Crippen molar-refractivity contribution in [1.82, 2.24) is 0 Å². The molecule has 5 nitrogen and oxygen atoms in total. The van der Waals surface area contributed by atoms with Crippen LogP contribution in [-0.4, -0.2) is 37.5 Å². The SMILES string of the molecule is CCOc1ccc(OCCOCC(=O)O)cc1. The van der Waals surface area contributed by atoms with Crippen molar-refractivity contribution in [3.8, 4) is 11.5 Å². The van der Waals surface area contributed by atoms with Crippen molar-refractivity contribution < 1.29 is 24.1 Å². The summed E-state index contributed by atoms with van der Waals surface area (Å²) in [6.07, 6.45) is 0. The van der Waals surface area contributed by atoms with Gasteiger partial charge >= 0.3 is 5.97 Å². The molecule has 0 heterocycles. The standard InChI is InChI=1S/C12H16O5/c1-2-16-10-3-5-11(6-4-10)17-8-7-15-9-12(13)14/h3-6H,2,7-9H2,1H3,(H,13,14). The van der Waals surface area contributed by atoms with Gasteiger partial charge in [-0.05, 0) is 31.2 Å². The van der Waals surface area contributed by atoms with E-state index in [0.717, 1.165) is 5.75 Å². The highest BCUT2D eigenvalue weighted by molar-refractivity contribution is 5.67. The molecular weight excluding hydrogens is 224 g/mol. The van der Waals surface area contributed by atoms with E-state index in [2.05, 4.69) is 0 Å². The molecule has 5 heteroatoms. The number of benzene rings is 1. The van der Waals surface area contributed by atoms with Crippen LogP contribution < -0.4 is 9.47 Å². The zero-order valence-electron chi connectivity index (χ0n) is 9.72. The van der Waals surface area contributed by atoms with E-state index in [-0.39, 0.29) is 13.2 Å². The normalized spacial score (nSPS) is 9.94. The summed E-state index contributed by atoms with van der Waals surface area (Å²) >= 11 is 0. The Morgan fingerprint density at radius 1 is 1.12 bits per heavy atom. The second-order valence-electron chi connectivity index (χ2n) is 3.20. The minimum atomic E-state index is -0.980. The monoisotopic (exact) mass is 240 g/mol. The first-order valence-corrected chi connectivity index (χ1v) is 5.37. The number of hydrogen-bond donors (Lipinski definition) is 1. The van der Waals surface area contributed by atoms with Gasteiger partial charge in [0.15, 0.2) is 0 Å². The minimum Gasteiger partial charge on any atom is -0.494 e. The molecular formula is C12H16O5. The molecule has 0 unspecified atom stereocenters. The van der Waals surface area contributed by atoms with Crippen LogP contribution in [0.25, 0.3) is 0 Å². The number of rotatable bonds is 8. The van der Waals surface area contributed by atoms with E-state index in [1.165, 1.54) is 0 Å². The molecule has 0 saturated heterocycles. The van der Waals surface area contributed by atoms with Gasteiger partial charge in [-0.2, -0.15) is 0 Å². The van der Waals surface area contributed by atoms with Gasteiger partial charge in [0.25, 0.3) is 0 Å². The van der Waals surface area contributed by atoms with Crippen LogP contribution in [0.1, 0.15) is 6.92 Å². The zero-order valence-corrected chi connectivity index (χ0v) is 9.72. The van der Waals surface area contributed by atoms with Crippen LogP contribution in [0.3, 0.4) is 0 Å². The summed E-state index contributed by atoms with van der Waals surface area (Å²) in [7, 11) is 0. The Morgan fingerprint density at radius 2 is 1.71 bits per heavy atom. The molecule has 0 saturated carbocycles. The lowest BCUT2D eigenvalue weighted by Crippen LogP contribution is -2.12. The first kappa shape index (κ1) is 13.3. The highest BCUT2D eigenvalue weighted by atomic mass is 16.5. The molecule has 17 heavy (non-hydrogen) atoms. The highest BCUT2D eigenvalue weighted by Crippen LogP contribution is 2.17. The van der Waals surface area contributed by atoms with Crippen molar-refractivity contribution in [3.05, 3.63) is 24.3 Å². The summed E-state index contributed by atoms with van der Waals surface area (Å²) in [5.41, 5.74) is 0. The Bertz CT molecular complexity index is 333. The summed E-state index contributed by atoms with van der Waals surface area (Å²) in [5, 5.41) is 8.33. The number of carbonyl (C=O) groups is 1. The fraction of sp³-hybridized carbons (Fsp3) is 0.417. The third-order valence-electron chi connectivity index (χ3n) is 1.86. The third kappa shape index (κ3) is 5.77. The zero-order chi connectivity index (χ0) is 12.5. The Labute approximate surface area is 99.9 Å². The van der Waals surface area contributed by atoms with Crippen LogP contribution in [0.4, 0.5) is 0 Å². The van der Waals surface area contributed by atoms with Crippen molar-refractivity contribution in [2.75, 3.05) is 26.4 Å². The predicted octanol–water partition coefficient (Wildman–Crippen LogP) is 1.57. The molecule has 1 aromatic carbocycles. The summed E-state index contributed by atoms with van der Waals surface area (Å²) < 4.78 is 15.5. The van der Waals surface area contributed by atoms with Crippen molar-refractivity contribution in [3.63, 3.8) is 0 Å². The first-order chi connectivity index (χ1) is 8.22. The van der Waals surface area contributed by atoms with Gasteiger partial charge in [-0.25, -0.2) is 4.79 Å². The highest BCUT2D eigenvalue weighted by Gasteiger charge is 1.98. The second kappa shape index (κ2) is 7.51. The van der Waals surface area contributed by atoms with Crippen LogP contribution in [0.5, 0.6) is 11.5 Å². The Morgan fingerprint density at radius 3 is 2.24 bits per heavy atom. The van der Waals surface area contributed by atoms with Gasteiger partial charge in [0.1, 0.15) is 24.7 Å². The van der Waals surface area contributed by atoms with E-state index in [1.54, 1.807) is 12.1 Å². The number of aliphatic carboxylic acids is 1. The first-order valence-electron chi connectivity index (χ1n) is 5.37. The van der Waals surface area contributed by atoms with Crippen LogP contribution in [0, 0.1) is 0 Å². The van der Waals surface area contributed by atoms with Crippen molar-refractivity contribution in [2.45, 2.75) is 6.92 Å². The molecule has 1 aromatic rings. The van der Waals surface area contributed by atoms with Crippen LogP contribution >= 0.6 is 0 Å². The van der Waals surface area contributed by atoms with E-state index in [0.29, 0.717) is 19.0 Å². The molecule has 0 bridgehead atoms. The molecule has 0 spiro atoms. The molecule has 0 amide bonds. The van der Waals surface area contributed by atoms with E-state index >= 15 is 0 Å². The summed E-state index contributed by atoms with van der Waals surface area (Å²) in [5.74, 6) is 0.514.